The number of rotatable bonds is 2. The van der Waals surface area contributed by atoms with E-state index in [1.165, 1.54) is 5.56 Å². The lowest BCUT2D eigenvalue weighted by Gasteiger charge is -2.33. The van der Waals surface area contributed by atoms with Crippen LogP contribution in [0.15, 0.2) is 18.3 Å². The van der Waals surface area contributed by atoms with Crippen molar-refractivity contribution in [3.05, 3.63) is 29.0 Å². The van der Waals surface area contributed by atoms with E-state index in [1.54, 1.807) is 0 Å². The van der Waals surface area contributed by atoms with Crippen LogP contribution in [0.5, 0.6) is 0 Å². The fraction of sp³-hybridized carbons (Fsp3) is 0.545. The first kappa shape index (κ1) is 10.9. The third kappa shape index (κ3) is 2.91. The van der Waals surface area contributed by atoms with Gasteiger partial charge in [-0.3, -0.25) is 4.90 Å². The van der Waals surface area contributed by atoms with Gasteiger partial charge in [-0.1, -0.05) is 17.7 Å². The molecular formula is C11H16ClN3. The molecular weight excluding hydrogens is 210 g/mol. The number of piperazine rings is 1. The van der Waals surface area contributed by atoms with Crippen LogP contribution in [0.2, 0.25) is 5.15 Å². The molecule has 0 spiro atoms. The lowest BCUT2D eigenvalue weighted by molar-refractivity contribution is 0.165. The average Bonchev–Trinajstić information content (AvgIpc) is 2.25. The molecule has 0 bridgehead atoms. The summed E-state index contributed by atoms with van der Waals surface area (Å²) in [5.41, 5.74) is 1.23. The zero-order valence-corrected chi connectivity index (χ0v) is 9.67. The van der Waals surface area contributed by atoms with Gasteiger partial charge in [-0.25, -0.2) is 4.98 Å². The summed E-state index contributed by atoms with van der Waals surface area (Å²) in [5.74, 6) is 0. The second-order valence-electron chi connectivity index (χ2n) is 4.01. The van der Waals surface area contributed by atoms with Crippen LogP contribution in [0.1, 0.15) is 12.5 Å². The summed E-state index contributed by atoms with van der Waals surface area (Å²) in [6.45, 7) is 6.46. The minimum atomic E-state index is 0.562. The van der Waals surface area contributed by atoms with E-state index in [1.807, 2.05) is 18.3 Å². The van der Waals surface area contributed by atoms with Crippen LogP contribution >= 0.6 is 11.6 Å². The Morgan fingerprint density at radius 3 is 3.13 bits per heavy atom. The number of nitrogens with zero attached hydrogens (tertiary/aromatic N) is 2. The molecule has 0 amide bonds. The van der Waals surface area contributed by atoms with Crippen molar-refractivity contribution in [3.8, 4) is 0 Å². The van der Waals surface area contributed by atoms with Crippen molar-refractivity contribution in [3.63, 3.8) is 0 Å². The third-order valence-corrected chi connectivity index (χ3v) is 3.04. The van der Waals surface area contributed by atoms with Crippen molar-refractivity contribution >= 4 is 11.6 Å². The standard InChI is InChI=1S/C11H16ClN3/c1-9-6-13-4-5-15(9)8-10-2-3-11(12)14-7-10/h2-3,7,9,13H,4-6,8H2,1H3/t9-/m1/s1. The van der Waals surface area contributed by atoms with Crippen LogP contribution in [0.25, 0.3) is 0 Å². The van der Waals surface area contributed by atoms with Crippen molar-refractivity contribution in [1.29, 1.82) is 0 Å². The number of aromatic nitrogens is 1. The zero-order chi connectivity index (χ0) is 10.7. The van der Waals surface area contributed by atoms with Gasteiger partial charge in [0.05, 0.1) is 0 Å². The second kappa shape index (κ2) is 4.92. The Bertz CT molecular complexity index is 312. The molecule has 1 aromatic rings. The predicted molar refractivity (Wildman–Crippen MR) is 62.0 cm³/mol. The van der Waals surface area contributed by atoms with Crippen molar-refractivity contribution in [2.75, 3.05) is 19.6 Å². The first-order valence-electron chi connectivity index (χ1n) is 5.31. The summed E-state index contributed by atoms with van der Waals surface area (Å²) >= 11 is 5.75. The van der Waals surface area contributed by atoms with E-state index >= 15 is 0 Å². The summed E-state index contributed by atoms with van der Waals surface area (Å²) in [5, 5.41) is 3.94. The smallest absolute Gasteiger partial charge is 0.129 e. The van der Waals surface area contributed by atoms with Gasteiger partial charge >= 0.3 is 0 Å². The molecule has 0 aliphatic carbocycles. The van der Waals surface area contributed by atoms with Crippen LogP contribution in [-0.4, -0.2) is 35.6 Å². The maximum atomic E-state index is 5.75. The van der Waals surface area contributed by atoms with Crippen molar-refractivity contribution in [2.24, 2.45) is 0 Å². The molecule has 1 N–H and O–H groups in total. The molecule has 4 heteroatoms. The Kier molecular flexibility index (Phi) is 3.57. The molecule has 2 heterocycles. The summed E-state index contributed by atoms with van der Waals surface area (Å²) in [7, 11) is 0. The number of halogens is 1. The molecule has 3 nitrogen and oxygen atoms in total. The van der Waals surface area contributed by atoms with Crippen LogP contribution in [-0.2, 0) is 6.54 Å². The Labute approximate surface area is 95.4 Å². The van der Waals surface area contributed by atoms with Gasteiger partial charge in [0, 0.05) is 38.4 Å². The molecule has 0 unspecified atom stereocenters. The molecule has 1 saturated heterocycles. The predicted octanol–water partition coefficient (Wildman–Crippen LogP) is 1.53. The van der Waals surface area contributed by atoms with Crippen LogP contribution in [0.3, 0.4) is 0 Å². The third-order valence-electron chi connectivity index (χ3n) is 2.81. The van der Waals surface area contributed by atoms with Gasteiger partial charge in [0.2, 0.25) is 0 Å². The van der Waals surface area contributed by atoms with E-state index in [0.717, 1.165) is 26.2 Å². The average molecular weight is 226 g/mol. The minimum Gasteiger partial charge on any atom is -0.314 e. The van der Waals surface area contributed by atoms with Crippen molar-refractivity contribution < 1.29 is 0 Å². The fourth-order valence-corrected chi connectivity index (χ4v) is 1.96. The molecule has 0 saturated carbocycles. The Hall–Kier alpha value is -0.640. The topological polar surface area (TPSA) is 28.2 Å². The summed E-state index contributed by atoms with van der Waals surface area (Å²) in [6.07, 6.45) is 1.86. The van der Waals surface area contributed by atoms with Gasteiger partial charge in [0.15, 0.2) is 0 Å². The van der Waals surface area contributed by atoms with Gasteiger partial charge in [-0.15, -0.1) is 0 Å². The molecule has 1 atom stereocenters. The highest BCUT2D eigenvalue weighted by molar-refractivity contribution is 6.29. The lowest BCUT2D eigenvalue weighted by Crippen LogP contribution is -2.49. The number of hydrogen-bond acceptors (Lipinski definition) is 3. The Balaban J connectivity index is 1.98. The van der Waals surface area contributed by atoms with Gasteiger partial charge in [0.25, 0.3) is 0 Å². The largest absolute Gasteiger partial charge is 0.314 e. The molecule has 2 rings (SSSR count). The maximum Gasteiger partial charge on any atom is 0.129 e. The van der Waals surface area contributed by atoms with E-state index in [4.69, 9.17) is 11.6 Å². The lowest BCUT2D eigenvalue weighted by atomic mass is 10.2. The molecule has 0 radical (unpaired) electrons. The van der Waals surface area contributed by atoms with Gasteiger partial charge in [-0.05, 0) is 18.6 Å². The molecule has 1 aliphatic heterocycles. The van der Waals surface area contributed by atoms with Crippen LogP contribution in [0.4, 0.5) is 0 Å². The molecule has 15 heavy (non-hydrogen) atoms. The Morgan fingerprint density at radius 1 is 1.60 bits per heavy atom. The first-order chi connectivity index (χ1) is 7.25. The van der Waals surface area contributed by atoms with E-state index in [2.05, 4.69) is 22.1 Å². The molecule has 82 valence electrons. The zero-order valence-electron chi connectivity index (χ0n) is 8.91. The van der Waals surface area contributed by atoms with E-state index in [-0.39, 0.29) is 0 Å². The van der Waals surface area contributed by atoms with E-state index < -0.39 is 0 Å². The van der Waals surface area contributed by atoms with Crippen molar-refractivity contribution in [2.45, 2.75) is 19.5 Å². The quantitative estimate of drug-likeness (QED) is 0.774. The Morgan fingerprint density at radius 2 is 2.47 bits per heavy atom. The number of hydrogen-bond donors (Lipinski definition) is 1. The highest BCUT2D eigenvalue weighted by Crippen LogP contribution is 2.11. The van der Waals surface area contributed by atoms with Gasteiger partial charge < -0.3 is 5.32 Å². The van der Waals surface area contributed by atoms with Crippen LogP contribution < -0.4 is 5.32 Å². The molecule has 0 aromatic carbocycles. The van der Waals surface area contributed by atoms with Gasteiger partial charge in [0.1, 0.15) is 5.15 Å². The highest BCUT2D eigenvalue weighted by atomic mass is 35.5. The first-order valence-corrected chi connectivity index (χ1v) is 5.69. The maximum absolute atomic E-state index is 5.75. The van der Waals surface area contributed by atoms with Crippen LogP contribution in [0, 0.1) is 0 Å². The fourth-order valence-electron chi connectivity index (χ4n) is 1.85. The molecule has 1 aromatic heterocycles. The SMILES string of the molecule is C[C@@H]1CNCCN1Cc1ccc(Cl)nc1. The van der Waals surface area contributed by atoms with Crippen molar-refractivity contribution in [1.82, 2.24) is 15.2 Å². The second-order valence-corrected chi connectivity index (χ2v) is 4.40. The monoisotopic (exact) mass is 225 g/mol. The van der Waals surface area contributed by atoms with E-state index in [9.17, 15) is 0 Å². The van der Waals surface area contributed by atoms with E-state index in [0.29, 0.717) is 11.2 Å². The molecule has 1 fully saturated rings. The summed E-state index contributed by atoms with van der Waals surface area (Å²) in [6, 6.07) is 4.49. The normalized spacial score (nSPS) is 22.9. The number of nitrogens with one attached hydrogen (secondary N) is 1. The minimum absolute atomic E-state index is 0.562. The molecule has 1 aliphatic rings. The highest BCUT2D eigenvalue weighted by Gasteiger charge is 2.17. The number of pyridine rings is 1. The summed E-state index contributed by atoms with van der Waals surface area (Å²) in [4.78, 5) is 6.55. The van der Waals surface area contributed by atoms with Gasteiger partial charge in [-0.2, -0.15) is 0 Å². The summed E-state index contributed by atoms with van der Waals surface area (Å²) < 4.78 is 0.